The summed E-state index contributed by atoms with van der Waals surface area (Å²) in [6.07, 6.45) is 0. The molecule has 92 valence electrons. The summed E-state index contributed by atoms with van der Waals surface area (Å²) in [5, 5.41) is 5.30. The monoisotopic (exact) mass is 242 g/mol. The van der Waals surface area contributed by atoms with E-state index in [0.29, 0.717) is 5.95 Å². The van der Waals surface area contributed by atoms with E-state index in [0.717, 1.165) is 17.1 Å². The maximum atomic E-state index is 11.7. The average Bonchev–Trinajstić information content (AvgIpc) is 2.28. The molecule has 2 N–H and O–H groups in total. The molecule has 0 spiro atoms. The SMILES string of the molecule is Cc1cc(C)nc(NC(=O)Nc2ccccc2)n1. The van der Waals surface area contributed by atoms with Crippen LogP contribution in [0.1, 0.15) is 11.4 Å². The second kappa shape index (κ2) is 5.27. The molecular weight excluding hydrogens is 228 g/mol. The van der Waals surface area contributed by atoms with E-state index in [-0.39, 0.29) is 6.03 Å². The van der Waals surface area contributed by atoms with Gasteiger partial charge in [-0.1, -0.05) is 18.2 Å². The molecule has 5 nitrogen and oxygen atoms in total. The number of carbonyl (C=O) groups excluding carboxylic acids is 1. The summed E-state index contributed by atoms with van der Waals surface area (Å²) in [7, 11) is 0. The number of anilines is 2. The molecular formula is C13H14N4O. The van der Waals surface area contributed by atoms with Crippen LogP contribution >= 0.6 is 0 Å². The van der Waals surface area contributed by atoms with Crippen molar-refractivity contribution < 1.29 is 4.79 Å². The standard InChI is InChI=1S/C13H14N4O/c1-9-8-10(2)15-12(14-9)17-13(18)16-11-6-4-3-5-7-11/h3-8H,1-2H3,(H2,14,15,16,17,18). The Hall–Kier alpha value is -2.43. The van der Waals surface area contributed by atoms with E-state index in [1.807, 2.05) is 50.2 Å². The molecule has 0 radical (unpaired) electrons. The van der Waals surface area contributed by atoms with Gasteiger partial charge in [0.15, 0.2) is 0 Å². The molecule has 2 amide bonds. The molecule has 18 heavy (non-hydrogen) atoms. The van der Waals surface area contributed by atoms with Crippen molar-refractivity contribution in [2.45, 2.75) is 13.8 Å². The highest BCUT2D eigenvalue weighted by Crippen LogP contribution is 2.07. The lowest BCUT2D eigenvalue weighted by Crippen LogP contribution is -2.21. The van der Waals surface area contributed by atoms with Crippen LogP contribution < -0.4 is 10.6 Å². The third-order valence-electron chi connectivity index (χ3n) is 2.24. The minimum atomic E-state index is -0.355. The number of urea groups is 1. The third-order valence-corrected chi connectivity index (χ3v) is 2.24. The van der Waals surface area contributed by atoms with Crippen molar-refractivity contribution in [3.8, 4) is 0 Å². The number of hydrogen-bond donors (Lipinski definition) is 2. The van der Waals surface area contributed by atoms with Gasteiger partial charge in [0.25, 0.3) is 0 Å². The Bertz CT molecular complexity index is 534. The van der Waals surface area contributed by atoms with E-state index in [1.165, 1.54) is 0 Å². The maximum Gasteiger partial charge on any atom is 0.326 e. The molecule has 0 aliphatic carbocycles. The highest BCUT2D eigenvalue weighted by Gasteiger charge is 2.05. The van der Waals surface area contributed by atoms with Gasteiger partial charge in [0, 0.05) is 17.1 Å². The number of amides is 2. The van der Waals surface area contributed by atoms with Crippen molar-refractivity contribution in [3.05, 3.63) is 47.8 Å². The van der Waals surface area contributed by atoms with Crippen LogP contribution in [0.2, 0.25) is 0 Å². The molecule has 2 aromatic rings. The molecule has 0 aliphatic rings. The number of para-hydroxylation sites is 1. The van der Waals surface area contributed by atoms with Gasteiger partial charge in [-0.15, -0.1) is 0 Å². The quantitative estimate of drug-likeness (QED) is 0.850. The Kier molecular flexibility index (Phi) is 3.52. The first-order chi connectivity index (χ1) is 8.63. The molecule has 0 bridgehead atoms. The molecule has 2 rings (SSSR count). The van der Waals surface area contributed by atoms with Crippen molar-refractivity contribution in [2.24, 2.45) is 0 Å². The fourth-order valence-electron chi connectivity index (χ4n) is 1.57. The van der Waals surface area contributed by atoms with E-state index in [1.54, 1.807) is 0 Å². The van der Waals surface area contributed by atoms with Crippen LogP contribution in [-0.4, -0.2) is 16.0 Å². The summed E-state index contributed by atoms with van der Waals surface area (Å²) in [6, 6.07) is 10.7. The predicted octanol–water partition coefficient (Wildman–Crippen LogP) is 2.74. The summed E-state index contributed by atoms with van der Waals surface area (Å²) in [4.78, 5) is 20.0. The summed E-state index contributed by atoms with van der Waals surface area (Å²) in [5.74, 6) is 0.306. The number of carbonyl (C=O) groups is 1. The molecule has 0 fully saturated rings. The van der Waals surface area contributed by atoms with Gasteiger partial charge in [-0.3, -0.25) is 5.32 Å². The summed E-state index contributed by atoms with van der Waals surface area (Å²) in [6.45, 7) is 3.71. The van der Waals surface area contributed by atoms with Crippen LogP contribution in [0.15, 0.2) is 36.4 Å². The number of benzene rings is 1. The lowest BCUT2D eigenvalue weighted by Gasteiger charge is -2.07. The number of aromatic nitrogens is 2. The Morgan fingerprint density at radius 2 is 1.61 bits per heavy atom. The first-order valence-corrected chi connectivity index (χ1v) is 5.59. The maximum absolute atomic E-state index is 11.7. The largest absolute Gasteiger partial charge is 0.326 e. The number of nitrogens with zero attached hydrogens (tertiary/aromatic N) is 2. The van der Waals surface area contributed by atoms with Crippen LogP contribution in [0.4, 0.5) is 16.4 Å². The molecule has 0 atom stereocenters. The topological polar surface area (TPSA) is 66.9 Å². The van der Waals surface area contributed by atoms with Crippen molar-refractivity contribution in [3.63, 3.8) is 0 Å². The first-order valence-electron chi connectivity index (χ1n) is 5.59. The second-order valence-corrected chi connectivity index (χ2v) is 3.92. The Morgan fingerprint density at radius 1 is 1.00 bits per heavy atom. The highest BCUT2D eigenvalue weighted by atomic mass is 16.2. The van der Waals surface area contributed by atoms with Crippen molar-refractivity contribution in [2.75, 3.05) is 10.6 Å². The lowest BCUT2D eigenvalue weighted by molar-refractivity contribution is 0.262. The minimum Gasteiger partial charge on any atom is -0.308 e. The van der Waals surface area contributed by atoms with E-state index >= 15 is 0 Å². The molecule has 0 saturated heterocycles. The van der Waals surface area contributed by atoms with Gasteiger partial charge < -0.3 is 5.32 Å². The number of rotatable bonds is 2. The summed E-state index contributed by atoms with van der Waals surface area (Å²) >= 11 is 0. The first kappa shape index (κ1) is 12.0. The minimum absolute atomic E-state index is 0.306. The van der Waals surface area contributed by atoms with Crippen molar-refractivity contribution in [1.29, 1.82) is 0 Å². The van der Waals surface area contributed by atoms with Crippen molar-refractivity contribution in [1.82, 2.24) is 9.97 Å². The average molecular weight is 242 g/mol. The lowest BCUT2D eigenvalue weighted by atomic mass is 10.3. The van der Waals surface area contributed by atoms with Gasteiger partial charge in [-0.05, 0) is 32.0 Å². The van der Waals surface area contributed by atoms with Gasteiger partial charge in [-0.2, -0.15) is 0 Å². The molecule has 1 heterocycles. The number of aryl methyl sites for hydroxylation is 2. The molecule has 5 heteroatoms. The zero-order valence-electron chi connectivity index (χ0n) is 10.3. The van der Waals surface area contributed by atoms with Crippen LogP contribution in [-0.2, 0) is 0 Å². The van der Waals surface area contributed by atoms with Crippen LogP contribution in [0.25, 0.3) is 0 Å². The van der Waals surface area contributed by atoms with Crippen molar-refractivity contribution >= 4 is 17.7 Å². The molecule has 0 aliphatic heterocycles. The van der Waals surface area contributed by atoms with Gasteiger partial charge in [0.1, 0.15) is 0 Å². The third kappa shape index (κ3) is 3.28. The summed E-state index contributed by atoms with van der Waals surface area (Å²) in [5.41, 5.74) is 2.36. The van der Waals surface area contributed by atoms with E-state index in [2.05, 4.69) is 20.6 Å². The highest BCUT2D eigenvalue weighted by molar-refractivity contribution is 5.98. The fraction of sp³-hybridized carbons (Fsp3) is 0.154. The normalized spacial score (nSPS) is 9.89. The Morgan fingerprint density at radius 3 is 2.22 bits per heavy atom. The summed E-state index contributed by atoms with van der Waals surface area (Å²) < 4.78 is 0. The van der Waals surface area contributed by atoms with Crippen LogP contribution in [0.3, 0.4) is 0 Å². The van der Waals surface area contributed by atoms with E-state index in [4.69, 9.17) is 0 Å². The molecule has 1 aromatic heterocycles. The molecule has 0 unspecified atom stereocenters. The second-order valence-electron chi connectivity index (χ2n) is 3.92. The fourth-order valence-corrected chi connectivity index (χ4v) is 1.57. The Balaban J connectivity index is 2.03. The van der Waals surface area contributed by atoms with Crippen LogP contribution in [0, 0.1) is 13.8 Å². The van der Waals surface area contributed by atoms with E-state index in [9.17, 15) is 4.79 Å². The number of nitrogens with one attached hydrogen (secondary N) is 2. The molecule has 0 saturated carbocycles. The van der Waals surface area contributed by atoms with Gasteiger partial charge in [0.2, 0.25) is 5.95 Å². The van der Waals surface area contributed by atoms with Gasteiger partial charge in [-0.25, -0.2) is 14.8 Å². The zero-order valence-corrected chi connectivity index (χ0v) is 10.3. The predicted molar refractivity (Wildman–Crippen MR) is 70.6 cm³/mol. The van der Waals surface area contributed by atoms with Crippen LogP contribution in [0.5, 0.6) is 0 Å². The Labute approximate surface area is 105 Å². The van der Waals surface area contributed by atoms with Gasteiger partial charge >= 0.3 is 6.03 Å². The smallest absolute Gasteiger partial charge is 0.308 e. The zero-order chi connectivity index (χ0) is 13.0. The molecule has 1 aromatic carbocycles. The van der Waals surface area contributed by atoms with Gasteiger partial charge in [0.05, 0.1) is 0 Å². The number of hydrogen-bond acceptors (Lipinski definition) is 3. The van der Waals surface area contributed by atoms with E-state index < -0.39 is 0 Å².